The van der Waals surface area contributed by atoms with Crippen LogP contribution in [-0.4, -0.2) is 87.4 Å². The van der Waals surface area contributed by atoms with Gasteiger partial charge in [0.2, 0.25) is 0 Å². The fraction of sp³-hybridized carbons (Fsp3) is 0.662. The molecule has 0 aliphatic heterocycles. The molecule has 0 aromatic carbocycles. The van der Waals surface area contributed by atoms with Crippen LogP contribution in [0.5, 0.6) is 0 Å². The van der Waals surface area contributed by atoms with Gasteiger partial charge in [-0.1, -0.05) is 270 Å². The highest BCUT2D eigenvalue weighted by molar-refractivity contribution is 5.71. The summed E-state index contributed by atoms with van der Waals surface area (Å²) in [6.45, 7) is 4.63. The molecule has 472 valence electrons. The van der Waals surface area contributed by atoms with Crippen molar-refractivity contribution in [2.75, 3.05) is 47.5 Å². The molecule has 9 heteroatoms. The van der Waals surface area contributed by atoms with E-state index in [4.69, 9.17) is 18.9 Å². The molecule has 0 bridgehead atoms. The molecule has 0 amide bonds. The summed E-state index contributed by atoms with van der Waals surface area (Å²) < 4.78 is 22.9. The van der Waals surface area contributed by atoms with E-state index in [0.717, 1.165) is 122 Å². The van der Waals surface area contributed by atoms with Crippen molar-refractivity contribution >= 4 is 17.9 Å². The van der Waals surface area contributed by atoms with Crippen molar-refractivity contribution in [2.24, 2.45) is 0 Å². The zero-order valence-electron chi connectivity index (χ0n) is 53.8. The smallest absolute Gasteiger partial charge is 0.361 e. The van der Waals surface area contributed by atoms with Crippen LogP contribution in [0.1, 0.15) is 258 Å². The number of aliphatic carboxylic acids is 1. The van der Waals surface area contributed by atoms with Crippen LogP contribution in [0.2, 0.25) is 0 Å². The summed E-state index contributed by atoms with van der Waals surface area (Å²) in [5.41, 5.74) is 0. The lowest BCUT2D eigenvalue weighted by Gasteiger charge is -2.25. The Labute approximate surface area is 509 Å². The number of carboxylic acid groups (broad SMARTS) is 1. The largest absolute Gasteiger partial charge is 0.477 e. The molecule has 0 spiro atoms. The van der Waals surface area contributed by atoms with Crippen molar-refractivity contribution in [1.82, 2.24) is 0 Å². The van der Waals surface area contributed by atoms with Crippen LogP contribution in [0, 0.1) is 0 Å². The van der Waals surface area contributed by atoms with Crippen LogP contribution in [-0.2, 0) is 33.3 Å². The van der Waals surface area contributed by atoms with E-state index in [1.54, 1.807) is 0 Å². The minimum absolute atomic E-state index is 0.177. The lowest BCUT2D eigenvalue weighted by Crippen LogP contribution is -2.40. The lowest BCUT2D eigenvalue weighted by molar-refractivity contribution is -0.870. The summed E-state index contributed by atoms with van der Waals surface area (Å²) in [5, 5.41) is 9.74. The summed E-state index contributed by atoms with van der Waals surface area (Å²) in [6, 6.07) is 0. The Kier molecular flexibility index (Phi) is 60.0. The van der Waals surface area contributed by atoms with Gasteiger partial charge in [-0.25, -0.2) is 4.79 Å². The summed E-state index contributed by atoms with van der Waals surface area (Å²) in [7, 11) is 5.96. The first-order chi connectivity index (χ1) is 40.6. The third-order valence-corrected chi connectivity index (χ3v) is 13.9. The van der Waals surface area contributed by atoms with E-state index in [1.807, 2.05) is 21.1 Å². The number of carbonyl (C=O) groups is 3. The van der Waals surface area contributed by atoms with E-state index >= 15 is 0 Å². The quantitative estimate of drug-likeness (QED) is 0.0211. The summed E-state index contributed by atoms with van der Waals surface area (Å²) in [6.07, 6.45) is 88.4. The van der Waals surface area contributed by atoms with Gasteiger partial charge in [0.25, 0.3) is 6.29 Å². The van der Waals surface area contributed by atoms with E-state index in [1.165, 1.54) is 103 Å². The molecule has 1 N–H and O–H groups in total. The maximum Gasteiger partial charge on any atom is 0.361 e. The summed E-state index contributed by atoms with van der Waals surface area (Å²) in [4.78, 5) is 37.6. The molecule has 2 atom stereocenters. The fourth-order valence-electron chi connectivity index (χ4n) is 8.87. The van der Waals surface area contributed by atoms with E-state index in [2.05, 4.69) is 148 Å². The van der Waals surface area contributed by atoms with Crippen LogP contribution < -0.4 is 0 Å². The van der Waals surface area contributed by atoms with E-state index in [0.29, 0.717) is 23.9 Å². The van der Waals surface area contributed by atoms with Crippen molar-refractivity contribution in [3.8, 4) is 0 Å². The molecule has 0 aromatic heterocycles. The first-order valence-corrected chi connectivity index (χ1v) is 33.3. The topological polar surface area (TPSA) is 108 Å². The van der Waals surface area contributed by atoms with Gasteiger partial charge in [0, 0.05) is 12.8 Å². The number of allylic oxidation sites excluding steroid dienone is 22. The average molecular weight is 1160 g/mol. The molecular weight excluding hydrogens is 1030 g/mol. The van der Waals surface area contributed by atoms with Gasteiger partial charge in [-0.3, -0.25) is 9.59 Å². The average Bonchev–Trinajstić information content (AvgIpc) is 3.46. The normalized spacial score (nSPS) is 13.6. The third-order valence-electron chi connectivity index (χ3n) is 13.9. The Balaban J connectivity index is 4.20. The van der Waals surface area contributed by atoms with Gasteiger partial charge in [-0.05, 0) is 109 Å². The van der Waals surface area contributed by atoms with Crippen LogP contribution in [0.4, 0.5) is 0 Å². The second-order valence-corrected chi connectivity index (χ2v) is 23.0. The maximum absolute atomic E-state index is 12.9. The van der Waals surface area contributed by atoms with Crippen molar-refractivity contribution < 1.29 is 42.9 Å². The number of rotatable bonds is 60. The van der Waals surface area contributed by atoms with Gasteiger partial charge in [0.15, 0.2) is 6.10 Å². The van der Waals surface area contributed by atoms with Crippen molar-refractivity contribution in [1.29, 1.82) is 0 Å². The minimum Gasteiger partial charge on any atom is -0.477 e. The molecule has 0 rings (SSSR count). The zero-order valence-corrected chi connectivity index (χ0v) is 53.8. The first kappa shape index (κ1) is 78.4. The number of hydrogen-bond acceptors (Lipinski definition) is 7. The van der Waals surface area contributed by atoms with E-state index < -0.39 is 24.3 Å². The Morgan fingerprint density at radius 3 is 0.964 bits per heavy atom. The fourth-order valence-corrected chi connectivity index (χ4v) is 8.87. The van der Waals surface area contributed by atoms with Crippen LogP contribution >= 0.6 is 0 Å². The van der Waals surface area contributed by atoms with Crippen LogP contribution in [0.15, 0.2) is 134 Å². The Morgan fingerprint density at radius 2 is 0.651 bits per heavy atom. The predicted molar refractivity (Wildman–Crippen MR) is 354 cm³/mol. The Hall–Kier alpha value is -4.57. The second-order valence-electron chi connectivity index (χ2n) is 23.0. The molecule has 0 aliphatic carbocycles. The van der Waals surface area contributed by atoms with Gasteiger partial charge in [-0.2, -0.15) is 0 Å². The molecule has 0 fully saturated rings. The number of esters is 2. The molecule has 0 radical (unpaired) electrons. The highest BCUT2D eigenvalue weighted by atomic mass is 16.7. The molecule has 0 aliphatic rings. The van der Waals surface area contributed by atoms with Gasteiger partial charge < -0.3 is 28.5 Å². The number of carbonyl (C=O) groups excluding carboxylic acids is 2. The molecule has 0 heterocycles. The molecule has 0 aromatic rings. The molecule has 0 saturated carbocycles. The summed E-state index contributed by atoms with van der Waals surface area (Å²) in [5.74, 6) is -2.04. The number of nitrogens with zero attached hydrogens (tertiary/aromatic N) is 1. The number of unbranched alkanes of at least 4 members (excludes halogenated alkanes) is 23. The van der Waals surface area contributed by atoms with Gasteiger partial charge in [-0.15, -0.1) is 0 Å². The van der Waals surface area contributed by atoms with Gasteiger partial charge in [0.05, 0.1) is 34.4 Å². The van der Waals surface area contributed by atoms with Crippen molar-refractivity contribution in [3.05, 3.63) is 134 Å². The van der Waals surface area contributed by atoms with Crippen LogP contribution in [0.25, 0.3) is 0 Å². The lowest BCUT2D eigenvalue weighted by atomic mass is 10.0. The number of ether oxygens (including phenoxy) is 4. The van der Waals surface area contributed by atoms with E-state index in [9.17, 15) is 19.5 Å². The maximum atomic E-state index is 12.9. The molecule has 2 unspecified atom stereocenters. The number of hydrogen-bond donors (Lipinski definition) is 1. The van der Waals surface area contributed by atoms with E-state index in [-0.39, 0.29) is 32.2 Å². The Bertz CT molecular complexity index is 1820. The van der Waals surface area contributed by atoms with Gasteiger partial charge in [0.1, 0.15) is 13.2 Å². The first-order valence-electron chi connectivity index (χ1n) is 33.3. The second kappa shape index (κ2) is 63.5. The van der Waals surface area contributed by atoms with Crippen LogP contribution in [0.3, 0.4) is 0 Å². The molecule has 0 saturated heterocycles. The summed E-state index contributed by atoms with van der Waals surface area (Å²) >= 11 is 0. The molecule has 9 nitrogen and oxygen atoms in total. The number of carboxylic acids is 1. The molecule has 83 heavy (non-hydrogen) atoms. The highest BCUT2D eigenvalue weighted by Gasteiger charge is 2.25. The number of quaternary nitrogens is 1. The SMILES string of the molecule is CC/C=C\C/C=C\C/C=C\C/C=C\C/C=C\C/C=C\C/C=C\CCCCCCCC(=O)OC(COC(=O)CCCCCCCCCCCCCCCCCCCC/C=C\C/C=C\C/C=C\C/C=C\CC)COC(OCC[N+](C)(C)C)C(=O)O. The molecular formula is C74H124NO8+. The third kappa shape index (κ3) is 64.8. The van der Waals surface area contributed by atoms with Crippen molar-refractivity contribution in [2.45, 2.75) is 270 Å². The Morgan fingerprint density at radius 1 is 0.361 bits per heavy atom. The van der Waals surface area contributed by atoms with Crippen molar-refractivity contribution in [3.63, 3.8) is 0 Å². The predicted octanol–water partition coefficient (Wildman–Crippen LogP) is 20.6. The standard InChI is InChI=1S/C74H123NO8/c1-6-8-10-12-14-16-18-20-22-24-26-28-30-32-34-35-36-37-39-40-42-44-46-48-50-52-54-56-58-60-62-64-71(76)81-68-70(69-82-74(73(78)79)80-67-66-75(3,4)5)83-72(77)65-63-61-59-57-55-53-51-49-47-45-43-41-38-33-31-29-27-25-23-21-19-17-15-13-11-9-7-2/h8-11,14-17,20-23,26-29,33,38,43,45,49,51,70,74H,6-7,12-13,18-19,24-25,30-32,34-37,39-42,44,46-48,50,52-69H2,1-5H3/p+1/b10-8-,11-9-,16-14-,17-15-,22-20-,23-21-,28-26-,29-27-,38-33-,45-43-,51-49-. The number of likely N-dealkylation sites (N-methyl/N-ethyl adjacent to an activating group) is 1. The highest BCUT2D eigenvalue weighted by Crippen LogP contribution is 2.16. The minimum atomic E-state index is -1.52. The zero-order chi connectivity index (χ0) is 60.5. The monoisotopic (exact) mass is 1150 g/mol. The van der Waals surface area contributed by atoms with Gasteiger partial charge >= 0.3 is 17.9 Å².